The Balaban J connectivity index is 1.82. The molecule has 0 aromatic rings. The summed E-state index contributed by atoms with van der Waals surface area (Å²) in [5.41, 5.74) is 5.84. The van der Waals surface area contributed by atoms with Crippen LogP contribution in [0.1, 0.15) is 19.8 Å². The lowest BCUT2D eigenvalue weighted by atomic mass is 9.83. The van der Waals surface area contributed by atoms with Gasteiger partial charge in [-0.05, 0) is 18.4 Å². The molecular formula is C13H19N3O2. The molecule has 0 bridgehead atoms. The van der Waals surface area contributed by atoms with Crippen LogP contribution < -0.4 is 5.43 Å². The highest BCUT2D eigenvalue weighted by molar-refractivity contribution is 5.74. The molecule has 0 saturated carbocycles. The number of hydrazine groups is 1. The van der Waals surface area contributed by atoms with E-state index in [0.717, 1.165) is 13.0 Å². The number of nitrogens with zero attached hydrogens (tertiary/aromatic N) is 2. The smallest absolute Gasteiger partial charge is 0.326 e. The molecule has 0 amide bonds. The minimum atomic E-state index is -0.713. The number of hydrogen-bond donors (Lipinski definition) is 2. The first kappa shape index (κ1) is 11.7. The monoisotopic (exact) mass is 249 g/mol. The topological polar surface area (TPSA) is 65.5 Å². The van der Waals surface area contributed by atoms with Crippen molar-refractivity contribution >= 4 is 5.97 Å². The molecule has 1 unspecified atom stereocenters. The fraction of sp³-hybridized carbons (Fsp3) is 0.615. The number of carboxylic acid groups (broad SMARTS) is 1. The number of rotatable bonds is 4. The van der Waals surface area contributed by atoms with Crippen LogP contribution in [0.5, 0.6) is 0 Å². The summed E-state index contributed by atoms with van der Waals surface area (Å²) in [7, 11) is 2.03. The molecule has 5 nitrogen and oxygen atoms in total. The predicted molar refractivity (Wildman–Crippen MR) is 67.4 cm³/mol. The maximum absolute atomic E-state index is 11.3. The largest absolute Gasteiger partial charge is 0.480 e. The number of allylic oxidation sites excluding steroid dienone is 1. The molecule has 98 valence electrons. The zero-order valence-electron chi connectivity index (χ0n) is 10.8. The molecule has 5 heteroatoms. The van der Waals surface area contributed by atoms with Gasteiger partial charge in [0.1, 0.15) is 6.04 Å². The Labute approximate surface area is 107 Å². The molecule has 0 aromatic heterocycles. The first-order chi connectivity index (χ1) is 8.63. The number of carboxylic acids is 1. The second-order valence-corrected chi connectivity index (χ2v) is 5.23. The van der Waals surface area contributed by atoms with E-state index in [2.05, 4.69) is 27.5 Å². The van der Waals surface area contributed by atoms with Crippen molar-refractivity contribution in [1.82, 2.24) is 15.3 Å². The van der Waals surface area contributed by atoms with E-state index in [1.165, 1.54) is 11.3 Å². The SMILES string of the molecule is CCC(C(=O)O)N1CC2=C1[C@@H]([C@@H]1N[N@]1C)CC=C2. The molecule has 3 rings (SSSR count). The number of nitrogens with one attached hydrogen (secondary N) is 1. The van der Waals surface area contributed by atoms with E-state index in [-0.39, 0.29) is 6.04 Å². The molecule has 1 saturated heterocycles. The quantitative estimate of drug-likeness (QED) is 0.721. The summed E-state index contributed by atoms with van der Waals surface area (Å²) in [6.45, 7) is 2.72. The zero-order chi connectivity index (χ0) is 12.9. The molecule has 0 radical (unpaired) electrons. The van der Waals surface area contributed by atoms with Crippen LogP contribution in [0.3, 0.4) is 0 Å². The summed E-state index contributed by atoms with van der Waals surface area (Å²) in [5.74, 6) is -0.313. The van der Waals surface area contributed by atoms with Crippen LogP contribution in [0.15, 0.2) is 23.4 Å². The fourth-order valence-electron chi connectivity index (χ4n) is 3.12. The number of carbonyl (C=O) groups is 1. The molecule has 4 atom stereocenters. The molecule has 2 N–H and O–H groups in total. The molecule has 2 heterocycles. The number of hydrogen-bond acceptors (Lipinski definition) is 4. The lowest BCUT2D eigenvalue weighted by Gasteiger charge is -2.46. The molecule has 1 aliphatic carbocycles. The minimum Gasteiger partial charge on any atom is -0.480 e. The van der Waals surface area contributed by atoms with E-state index in [1.54, 1.807) is 0 Å². The lowest BCUT2D eigenvalue weighted by Crippen LogP contribution is -2.51. The third-order valence-corrected chi connectivity index (χ3v) is 4.15. The molecule has 0 spiro atoms. The Morgan fingerprint density at radius 2 is 2.39 bits per heavy atom. The van der Waals surface area contributed by atoms with Crippen LogP contribution in [-0.2, 0) is 4.79 Å². The second-order valence-electron chi connectivity index (χ2n) is 5.23. The van der Waals surface area contributed by atoms with Crippen molar-refractivity contribution < 1.29 is 9.90 Å². The second kappa shape index (κ2) is 4.10. The summed E-state index contributed by atoms with van der Waals surface area (Å²) in [5, 5.41) is 11.4. The molecule has 3 aliphatic rings. The Bertz CT molecular complexity index is 444. The Morgan fingerprint density at radius 3 is 2.94 bits per heavy atom. The van der Waals surface area contributed by atoms with Gasteiger partial charge < -0.3 is 10.0 Å². The van der Waals surface area contributed by atoms with Gasteiger partial charge in [-0.15, -0.1) is 0 Å². The molecule has 1 fully saturated rings. The average molecular weight is 249 g/mol. The van der Waals surface area contributed by atoms with Gasteiger partial charge in [-0.3, -0.25) is 0 Å². The summed E-state index contributed by atoms with van der Waals surface area (Å²) in [6.07, 6.45) is 6.37. The molecular weight excluding hydrogens is 230 g/mol. The predicted octanol–water partition coefficient (Wildman–Crippen LogP) is 0.771. The van der Waals surface area contributed by atoms with Gasteiger partial charge in [0, 0.05) is 25.2 Å². The van der Waals surface area contributed by atoms with E-state index >= 15 is 0 Å². The first-order valence-corrected chi connectivity index (χ1v) is 6.51. The van der Waals surface area contributed by atoms with Gasteiger partial charge in [-0.2, -0.15) is 0 Å². The van der Waals surface area contributed by atoms with Gasteiger partial charge in [0.05, 0.1) is 6.17 Å². The van der Waals surface area contributed by atoms with Gasteiger partial charge in [0.25, 0.3) is 0 Å². The van der Waals surface area contributed by atoms with E-state index in [9.17, 15) is 9.90 Å². The first-order valence-electron chi connectivity index (χ1n) is 6.51. The maximum Gasteiger partial charge on any atom is 0.326 e. The van der Waals surface area contributed by atoms with Gasteiger partial charge in [0.2, 0.25) is 0 Å². The van der Waals surface area contributed by atoms with Crippen LogP contribution in [-0.4, -0.2) is 46.8 Å². The van der Waals surface area contributed by atoms with Gasteiger partial charge in [0.15, 0.2) is 0 Å². The highest BCUT2D eigenvalue weighted by atomic mass is 16.4. The summed E-state index contributed by atoms with van der Waals surface area (Å²) in [4.78, 5) is 13.4. The number of aliphatic carboxylic acids is 1. The van der Waals surface area contributed by atoms with E-state index < -0.39 is 5.97 Å². The molecule has 0 aromatic carbocycles. The Morgan fingerprint density at radius 1 is 1.67 bits per heavy atom. The van der Waals surface area contributed by atoms with Crippen molar-refractivity contribution in [2.75, 3.05) is 13.6 Å². The van der Waals surface area contributed by atoms with Crippen molar-refractivity contribution in [3.05, 3.63) is 23.4 Å². The van der Waals surface area contributed by atoms with E-state index in [4.69, 9.17) is 0 Å². The van der Waals surface area contributed by atoms with Gasteiger partial charge in [-0.25, -0.2) is 15.2 Å². The highest BCUT2D eigenvalue weighted by Crippen LogP contribution is 2.42. The highest BCUT2D eigenvalue weighted by Gasteiger charge is 2.46. The fourth-order valence-corrected chi connectivity index (χ4v) is 3.12. The third kappa shape index (κ3) is 1.66. The van der Waals surface area contributed by atoms with Crippen molar-refractivity contribution in [1.29, 1.82) is 0 Å². The molecule has 2 aliphatic heterocycles. The van der Waals surface area contributed by atoms with Crippen LogP contribution in [0, 0.1) is 5.92 Å². The van der Waals surface area contributed by atoms with Crippen molar-refractivity contribution in [2.45, 2.75) is 32.0 Å². The maximum atomic E-state index is 11.3. The Kier molecular flexibility index (Phi) is 2.68. The van der Waals surface area contributed by atoms with Crippen LogP contribution in [0.4, 0.5) is 0 Å². The summed E-state index contributed by atoms with van der Waals surface area (Å²) >= 11 is 0. The lowest BCUT2D eigenvalue weighted by molar-refractivity contribution is -0.143. The zero-order valence-corrected chi connectivity index (χ0v) is 10.8. The average Bonchev–Trinajstić information content (AvgIpc) is 3.02. The third-order valence-electron chi connectivity index (χ3n) is 4.15. The van der Waals surface area contributed by atoms with Gasteiger partial charge in [-0.1, -0.05) is 19.1 Å². The molecule has 18 heavy (non-hydrogen) atoms. The van der Waals surface area contributed by atoms with E-state index in [1.807, 2.05) is 14.0 Å². The Hall–Kier alpha value is -1.33. The summed E-state index contributed by atoms with van der Waals surface area (Å²) < 4.78 is 0. The van der Waals surface area contributed by atoms with Crippen LogP contribution >= 0.6 is 0 Å². The minimum absolute atomic E-state index is 0.369. The standard InChI is InChI=1S/C13H19N3O2/c1-3-10(13(17)18)16-7-8-5-4-6-9(11(8)16)12-14-15(12)2/h4-5,9-10,12,14H,3,6-7H2,1-2H3,(H,17,18)/t9-,10?,12+,15+/m0/s1. The van der Waals surface area contributed by atoms with Crippen LogP contribution in [0.25, 0.3) is 0 Å². The van der Waals surface area contributed by atoms with Crippen molar-refractivity contribution in [2.24, 2.45) is 5.92 Å². The van der Waals surface area contributed by atoms with Gasteiger partial charge >= 0.3 is 5.97 Å². The van der Waals surface area contributed by atoms with E-state index in [0.29, 0.717) is 18.5 Å². The van der Waals surface area contributed by atoms with Crippen LogP contribution in [0.2, 0.25) is 0 Å². The van der Waals surface area contributed by atoms with Crippen molar-refractivity contribution in [3.8, 4) is 0 Å². The summed E-state index contributed by atoms with van der Waals surface area (Å²) in [6, 6.07) is -0.373. The van der Waals surface area contributed by atoms with Crippen molar-refractivity contribution in [3.63, 3.8) is 0 Å². The normalized spacial score (nSPS) is 35.0.